The zero-order chi connectivity index (χ0) is 26.9. The molecule has 202 valence electrons. The number of rotatable bonds is 5. The number of nitrogens with two attached hydrogens (primary N) is 1. The number of halogens is 2. The number of aryl methyl sites for hydroxylation is 1. The van der Waals surface area contributed by atoms with Gasteiger partial charge in [0.2, 0.25) is 11.8 Å². The number of imidazole rings is 1. The van der Waals surface area contributed by atoms with Crippen molar-refractivity contribution in [3.05, 3.63) is 47.1 Å². The van der Waals surface area contributed by atoms with Gasteiger partial charge in [-0.1, -0.05) is 0 Å². The Bertz CT molecular complexity index is 1770. The van der Waals surface area contributed by atoms with Crippen LogP contribution in [0.3, 0.4) is 0 Å². The van der Waals surface area contributed by atoms with Gasteiger partial charge in [-0.05, 0) is 24.3 Å². The number of furan rings is 1. The SMILES string of the molecule is Cn1c(=O)n(CCN2CCN(c3ccc4c(c3)OC(F)(F)O4)CC2)c2nc(N)n3nc(-c4ccco4)nc3c21. The number of aromatic nitrogens is 6. The summed E-state index contributed by atoms with van der Waals surface area (Å²) in [6.45, 7) is 3.82. The highest BCUT2D eigenvalue weighted by molar-refractivity contribution is 5.88. The van der Waals surface area contributed by atoms with E-state index in [2.05, 4.69) is 34.3 Å². The number of anilines is 2. The zero-order valence-corrected chi connectivity index (χ0v) is 20.8. The number of ether oxygens (including phenoxy) is 2. The predicted molar refractivity (Wildman–Crippen MR) is 135 cm³/mol. The summed E-state index contributed by atoms with van der Waals surface area (Å²) in [5.41, 5.74) is 8.12. The van der Waals surface area contributed by atoms with Gasteiger partial charge in [-0.25, -0.2) is 9.78 Å². The summed E-state index contributed by atoms with van der Waals surface area (Å²) in [6.07, 6.45) is -2.11. The molecule has 0 radical (unpaired) electrons. The van der Waals surface area contributed by atoms with E-state index >= 15 is 0 Å². The maximum Gasteiger partial charge on any atom is 0.586 e. The fourth-order valence-corrected chi connectivity index (χ4v) is 5.11. The highest BCUT2D eigenvalue weighted by Crippen LogP contribution is 2.43. The van der Waals surface area contributed by atoms with Gasteiger partial charge in [-0.3, -0.25) is 14.0 Å². The van der Waals surface area contributed by atoms with Crippen LogP contribution in [0.2, 0.25) is 0 Å². The van der Waals surface area contributed by atoms with E-state index in [1.165, 1.54) is 21.4 Å². The Kier molecular flexibility index (Phi) is 5.07. The van der Waals surface area contributed by atoms with Gasteiger partial charge in [-0.2, -0.15) is 9.50 Å². The van der Waals surface area contributed by atoms with Crippen LogP contribution in [0.1, 0.15) is 0 Å². The fraction of sp³-hybridized carbons (Fsp3) is 0.333. The standard InChI is InChI=1S/C24H23F2N9O4/c1-31-18-20(29-22(27)35-21(18)28-19(30-35)16-3-2-12-37-16)34(23(31)36)11-8-32-6-9-33(10-7-32)14-4-5-15-17(13-14)39-24(25,26)38-15/h2-5,12-13H,6-11H2,1H3,(H2,27,29). The molecule has 13 nitrogen and oxygen atoms in total. The molecule has 39 heavy (non-hydrogen) atoms. The Labute approximate surface area is 218 Å². The van der Waals surface area contributed by atoms with Gasteiger partial charge in [0.25, 0.3) is 0 Å². The number of hydrogen-bond donors (Lipinski definition) is 1. The second kappa shape index (κ2) is 8.42. The fourth-order valence-electron chi connectivity index (χ4n) is 5.11. The van der Waals surface area contributed by atoms with Crippen molar-refractivity contribution in [3.8, 4) is 23.1 Å². The molecule has 7 rings (SSSR count). The van der Waals surface area contributed by atoms with E-state index in [9.17, 15) is 13.6 Å². The van der Waals surface area contributed by atoms with E-state index in [0.717, 1.165) is 18.8 Å². The summed E-state index contributed by atoms with van der Waals surface area (Å²) in [5, 5.41) is 4.40. The second-order valence-electron chi connectivity index (χ2n) is 9.41. The Morgan fingerprint density at radius 1 is 1.03 bits per heavy atom. The molecule has 1 aromatic carbocycles. The zero-order valence-electron chi connectivity index (χ0n) is 20.8. The van der Waals surface area contributed by atoms with E-state index in [0.29, 0.717) is 54.6 Å². The highest BCUT2D eigenvalue weighted by Gasteiger charge is 2.43. The molecule has 2 N–H and O–H groups in total. The third-order valence-electron chi connectivity index (χ3n) is 7.08. The van der Waals surface area contributed by atoms with E-state index < -0.39 is 6.29 Å². The lowest BCUT2D eigenvalue weighted by atomic mass is 10.2. The number of hydrogen-bond acceptors (Lipinski definition) is 10. The quantitative estimate of drug-likeness (QED) is 0.352. The second-order valence-corrected chi connectivity index (χ2v) is 9.41. The third kappa shape index (κ3) is 3.84. The monoisotopic (exact) mass is 539 g/mol. The lowest BCUT2D eigenvalue weighted by Gasteiger charge is -2.36. The maximum atomic E-state index is 13.4. The molecule has 0 aliphatic carbocycles. The largest absolute Gasteiger partial charge is 0.586 e. The average Bonchev–Trinajstić information content (AvgIpc) is 3.69. The van der Waals surface area contributed by atoms with Crippen molar-refractivity contribution in [2.75, 3.05) is 43.4 Å². The minimum Gasteiger partial charge on any atom is -0.461 e. The first-order valence-corrected chi connectivity index (χ1v) is 12.3. The highest BCUT2D eigenvalue weighted by atomic mass is 19.3. The first-order chi connectivity index (χ1) is 18.8. The van der Waals surface area contributed by atoms with Gasteiger partial charge >= 0.3 is 12.0 Å². The van der Waals surface area contributed by atoms with Crippen molar-refractivity contribution in [1.82, 2.24) is 33.6 Å². The molecule has 6 heterocycles. The molecule has 1 saturated heterocycles. The molecule has 0 atom stereocenters. The van der Waals surface area contributed by atoms with Crippen LogP contribution in [0.5, 0.6) is 11.5 Å². The Morgan fingerprint density at radius 2 is 1.82 bits per heavy atom. The molecule has 0 saturated carbocycles. The Balaban J connectivity index is 1.08. The third-order valence-corrected chi connectivity index (χ3v) is 7.08. The van der Waals surface area contributed by atoms with Crippen LogP contribution in [-0.2, 0) is 13.6 Å². The van der Waals surface area contributed by atoms with Gasteiger partial charge in [0.15, 0.2) is 28.6 Å². The normalized spacial score (nSPS) is 17.1. The van der Waals surface area contributed by atoms with E-state index in [4.69, 9.17) is 10.2 Å². The van der Waals surface area contributed by atoms with E-state index in [1.54, 1.807) is 35.9 Å². The van der Waals surface area contributed by atoms with Crippen molar-refractivity contribution < 1.29 is 22.7 Å². The average molecular weight is 540 g/mol. The summed E-state index contributed by atoms with van der Waals surface area (Å²) in [7, 11) is 1.67. The summed E-state index contributed by atoms with van der Waals surface area (Å²) >= 11 is 0. The molecule has 2 aliphatic rings. The van der Waals surface area contributed by atoms with Crippen LogP contribution < -0.4 is 25.8 Å². The van der Waals surface area contributed by atoms with Crippen molar-refractivity contribution in [1.29, 1.82) is 0 Å². The number of alkyl halides is 2. The van der Waals surface area contributed by atoms with Gasteiger partial charge < -0.3 is 24.5 Å². The number of fused-ring (bicyclic) bond motifs is 4. The molecule has 4 aromatic heterocycles. The molecule has 0 bridgehead atoms. The maximum absolute atomic E-state index is 13.4. The number of piperazine rings is 1. The van der Waals surface area contributed by atoms with Crippen molar-refractivity contribution in [3.63, 3.8) is 0 Å². The molecule has 15 heteroatoms. The molecule has 2 aliphatic heterocycles. The number of nitrogens with zero attached hydrogens (tertiary/aromatic N) is 8. The molecular weight excluding hydrogens is 516 g/mol. The molecule has 0 unspecified atom stereocenters. The van der Waals surface area contributed by atoms with Crippen molar-refractivity contribution in [2.45, 2.75) is 12.8 Å². The van der Waals surface area contributed by atoms with E-state index in [-0.39, 0.29) is 23.1 Å². The Hall–Kier alpha value is -4.66. The first kappa shape index (κ1) is 23.5. The van der Waals surface area contributed by atoms with Crippen molar-refractivity contribution >= 4 is 28.4 Å². The summed E-state index contributed by atoms with van der Waals surface area (Å²) in [5.74, 6) is 0.985. The van der Waals surface area contributed by atoms with Crippen LogP contribution in [0.15, 0.2) is 45.8 Å². The minimum atomic E-state index is -3.64. The first-order valence-electron chi connectivity index (χ1n) is 12.3. The lowest BCUT2D eigenvalue weighted by Crippen LogP contribution is -2.47. The van der Waals surface area contributed by atoms with Crippen LogP contribution in [0.4, 0.5) is 20.4 Å². The topological polar surface area (TPSA) is 134 Å². The molecule has 5 aromatic rings. The number of nitrogen functional groups attached to an aromatic ring is 1. The number of benzene rings is 1. The molecule has 0 amide bonds. The van der Waals surface area contributed by atoms with Crippen LogP contribution >= 0.6 is 0 Å². The van der Waals surface area contributed by atoms with Gasteiger partial charge in [0, 0.05) is 58.1 Å². The van der Waals surface area contributed by atoms with Crippen LogP contribution in [0, 0.1) is 0 Å². The van der Waals surface area contributed by atoms with Gasteiger partial charge in [0.1, 0.15) is 5.52 Å². The summed E-state index contributed by atoms with van der Waals surface area (Å²) in [4.78, 5) is 26.6. The van der Waals surface area contributed by atoms with Crippen molar-refractivity contribution in [2.24, 2.45) is 7.05 Å². The van der Waals surface area contributed by atoms with Gasteiger partial charge in [-0.15, -0.1) is 13.9 Å². The van der Waals surface area contributed by atoms with E-state index in [1.807, 2.05) is 0 Å². The lowest BCUT2D eigenvalue weighted by molar-refractivity contribution is -0.286. The minimum absolute atomic E-state index is 0.0257. The summed E-state index contributed by atoms with van der Waals surface area (Å²) in [6, 6.07) is 8.28. The smallest absolute Gasteiger partial charge is 0.461 e. The van der Waals surface area contributed by atoms with Gasteiger partial charge in [0.05, 0.1) is 6.26 Å². The molecule has 0 spiro atoms. The van der Waals surface area contributed by atoms with Crippen LogP contribution in [-0.4, -0.2) is 72.6 Å². The van der Waals surface area contributed by atoms with Crippen LogP contribution in [0.25, 0.3) is 28.4 Å². The molecular formula is C24H23F2N9O4. The molecule has 1 fully saturated rings. The summed E-state index contributed by atoms with van der Waals surface area (Å²) < 4.78 is 45.7. The predicted octanol–water partition coefficient (Wildman–Crippen LogP) is 1.76. The Morgan fingerprint density at radius 3 is 2.59 bits per heavy atom.